The van der Waals surface area contributed by atoms with Crippen molar-refractivity contribution in [3.8, 4) is 0 Å². The molecule has 0 radical (unpaired) electrons. The maximum absolute atomic E-state index is 11.7. The SMILES string of the molecule is C=CC(=O)CC[C@@H](C)[C@H]1CC[C@H]2C(=CC=C3C[C@@H](O)C(=C)[C@H](O)C3)CCC[C@]12C. The van der Waals surface area contributed by atoms with Crippen molar-refractivity contribution in [2.24, 2.45) is 23.2 Å². The van der Waals surface area contributed by atoms with Crippen LogP contribution in [0.25, 0.3) is 0 Å². The van der Waals surface area contributed by atoms with Crippen LogP contribution in [0.1, 0.15) is 71.6 Å². The first kappa shape index (κ1) is 22.2. The van der Waals surface area contributed by atoms with Crippen LogP contribution in [0.3, 0.4) is 0 Å². The Labute approximate surface area is 176 Å². The minimum atomic E-state index is -0.630. The summed E-state index contributed by atoms with van der Waals surface area (Å²) in [4.78, 5) is 11.7. The predicted molar refractivity (Wildman–Crippen MR) is 118 cm³/mol. The predicted octanol–water partition coefficient (Wildman–Crippen LogP) is 5.30. The number of rotatable bonds is 6. The number of hydrogen-bond acceptors (Lipinski definition) is 3. The fourth-order valence-corrected chi connectivity index (χ4v) is 6.31. The lowest BCUT2D eigenvalue weighted by atomic mass is 9.60. The van der Waals surface area contributed by atoms with E-state index >= 15 is 0 Å². The van der Waals surface area contributed by atoms with Crippen molar-refractivity contribution < 1.29 is 15.0 Å². The molecule has 0 amide bonds. The first-order chi connectivity index (χ1) is 13.8. The van der Waals surface area contributed by atoms with Crippen LogP contribution in [0, 0.1) is 23.2 Å². The smallest absolute Gasteiger partial charge is 0.155 e. The van der Waals surface area contributed by atoms with Gasteiger partial charge in [-0.3, -0.25) is 4.79 Å². The molecule has 0 aromatic heterocycles. The first-order valence-corrected chi connectivity index (χ1v) is 11.3. The molecule has 0 spiro atoms. The van der Waals surface area contributed by atoms with E-state index in [1.807, 2.05) is 0 Å². The van der Waals surface area contributed by atoms with Crippen LogP contribution in [0.15, 0.2) is 48.1 Å². The highest BCUT2D eigenvalue weighted by molar-refractivity contribution is 5.88. The molecule has 3 heteroatoms. The van der Waals surface area contributed by atoms with E-state index in [1.54, 1.807) is 0 Å². The molecule has 3 nitrogen and oxygen atoms in total. The number of hydrogen-bond donors (Lipinski definition) is 2. The van der Waals surface area contributed by atoms with E-state index in [1.165, 1.54) is 37.3 Å². The minimum absolute atomic E-state index is 0.159. The molecule has 3 fully saturated rings. The second kappa shape index (κ2) is 9.14. The zero-order chi connectivity index (χ0) is 21.2. The molecular formula is C26H38O3. The van der Waals surface area contributed by atoms with Crippen molar-refractivity contribution >= 4 is 5.78 Å². The second-order valence-electron chi connectivity index (χ2n) is 9.86. The van der Waals surface area contributed by atoms with Crippen LogP contribution in [0.2, 0.25) is 0 Å². The van der Waals surface area contributed by atoms with Gasteiger partial charge in [0.1, 0.15) is 0 Å². The van der Waals surface area contributed by atoms with Crippen LogP contribution < -0.4 is 0 Å². The molecule has 29 heavy (non-hydrogen) atoms. The Balaban J connectivity index is 1.71. The third-order valence-electron chi connectivity index (χ3n) is 8.10. The summed E-state index contributed by atoms with van der Waals surface area (Å²) in [7, 11) is 0. The summed E-state index contributed by atoms with van der Waals surface area (Å²) in [5, 5.41) is 20.2. The third-order valence-corrected chi connectivity index (χ3v) is 8.10. The Bertz CT molecular complexity index is 699. The molecular weight excluding hydrogens is 360 g/mol. The van der Waals surface area contributed by atoms with Gasteiger partial charge in [-0.25, -0.2) is 0 Å². The molecule has 0 aromatic carbocycles. The standard InChI is InChI=1S/C26H38O3/c1-5-21(27)11-8-17(2)22-12-13-23-20(7-6-14-26(22,23)4)10-9-19-15-24(28)18(3)25(29)16-19/h5,9-10,17,22-25,28-29H,1,3,6-8,11-16H2,2,4H3/t17-,22-,23+,24-,25-,26-/m1/s1. The van der Waals surface area contributed by atoms with E-state index in [0.717, 1.165) is 18.4 Å². The van der Waals surface area contributed by atoms with Crippen molar-refractivity contribution in [1.82, 2.24) is 0 Å². The highest BCUT2D eigenvalue weighted by Gasteiger charge is 2.50. The minimum Gasteiger partial charge on any atom is -0.388 e. The van der Waals surface area contributed by atoms with Gasteiger partial charge < -0.3 is 10.2 Å². The maximum Gasteiger partial charge on any atom is 0.155 e. The molecule has 0 heterocycles. The Kier molecular flexibility index (Phi) is 7.01. The third kappa shape index (κ3) is 4.67. The quantitative estimate of drug-likeness (QED) is 0.471. The van der Waals surface area contributed by atoms with Crippen LogP contribution in [-0.4, -0.2) is 28.2 Å². The van der Waals surface area contributed by atoms with E-state index in [0.29, 0.717) is 48.0 Å². The number of carbonyl (C=O) groups is 1. The van der Waals surface area contributed by atoms with Crippen molar-refractivity contribution in [3.63, 3.8) is 0 Å². The van der Waals surface area contributed by atoms with Gasteiger partial charge in [0.25, 0.3) is 0 Å². The number of allylic oxidation sites excluding steroid dienone is 4. The van der Waals surface area contributed by atoms with Gasteiger partial charge in [-0.2, -0.15) is 0 Å². The number of fused-ring (bicyclic) bond motifs is 1. The zero-order valence-corrected chi connectivity index (χ0v) is 18.2. The lowest BCUT2D eigenvalue weighted by Crippen LogP contribution is -2.36. The lowest BCUT2D eigenvalue weighted by molar-refractivity contribution is -0.115. The van der Waals surface area contributed by atoms with E-state index in [4.69, 9.17) is 0 Å². The Morgan fingerprint density at radius 3 is 2.59 bits per heavy atom. The molecule has 0 bridgehead atoms. The van der Waals surface area contributed by atoms with E-state index in [2.05, 4.69) is 39.2 Å². The van der Waals surface area contributed by atoms with Crippen LogP contribution in [-0.2, 0) is 4.79 Å². The summed E-state index contributed by atoms with van der Waals surface area (Å²) in [6.07, 6.45) is 13.5. The van der Waals surface area contributed by atoms with Crippen molar-refractivity contribution in [3.05, 3.63) is 48.1 Å². The van der Waals surface area contributed by atoms with E-state index < -0.39 is 12.2 Å². The summed E-state index contributed by atoms with van der Waals surface area (Å²) >= 11 is 0. The second-order valence-corrected chi connectivity index (χ2v) is 9.86. The molecule has 0 unspecified atom stereocenters. The number of carbonyl (C=O) groups excluding carboxylic acids is 1. The first-order valence-electron chi connectivity index (χ1n) is 11.3. The van der Waals surface area contributed by atoms with E-state index in [9.17, 15) is 15.0 Å². The Morgan fingerprint density at radius 2 is 1.93 bits per heavy atom. The van der Waals surface area contributed by atoms with Crippen molar-refractivity contribution in [2.75, 3.05) is 0 Å². The van der Waals surface area contributed by atoms with Gasteiger partial charge in [-0.1, -0.05) is 50.3 Å². The Morgan fingerprint density at radius 1 is 1.24 bits per heavy atom. The fraction of sp³-hybridized carbons (Fsp3) is 0.654. The molecule has 2 N–H and O–H groups in total. The van der Waals surface area contributed by atoms with E-state index in [-0.39, 0.29) is 5.78 Å². The monoisotopic (exact) mass is 398 g/mol. The molecule has 3 saturated carbocycles. The molecule has 0 aromatic rings. The molecule has 0 aliphatic heterocycles. The average molecular weight is 399 g/mol. The molecule has 3 aliphatic carbocycles. The number of ketones is 1. The maximum atomic E-state index is 11.7. The van der Waals surface area contributed by atoms with Crippen LogP contribution in [0.4, 0.5) is 0 Å². The number of aliphatic hydroxyl groups excluding tert-OH is 2. The van der Waals surface area contributed by atoms with Crippen LogP contribution in [0.5, 0.6) is 0 Å². The molecule has 3 aliphatic rings. The highest BCUT2D eigenvalue weighted by atomic mass is 16.3. The van der Waals surface area contributed by atoms with Gasteiger partial charge in [0.15, 0.2) is 5.78 Å². The van der Waals surface area contributed by atoms with Gasteiger partial charge in [-0.15, -0.1) is 0 Å². The van der Waals surface area contributed by atoms with Crippen LogP contribution >= 0.6 is 0 Å². The van der Waals surface area contributed by atoms with Gasteiger partial charge in [0.2, 0.25) is 0 Å². The summed E-state index contributed by atoms with van der Waals surface area (Å²) in [6, 6.07) is 0. The molecule has 160 valence electrons. The summed E-state index contributed by atoms with van der Waals surface area (Å²) in [6.45, 7) is 12.2. The lowest BCUT2D eigenvalue weighted by Gasteiger charge is -2.44. The number of aliphatic hydroxyl groups is 2. The van der Waals surface area contributed by atoms with Gasteiger partial charge >= 0.3 is 0 Å². The fourth-order valence-electron chi connectivity index (χ4n) is 6.31. The van der Waals surface area contributed by atoms with Gasteiger partial charge in [-0.05, 0) is 86.2 Å². The summed E-state index contributed by atoms with van der Waals surface area (Å²) in [5.74, 6) is 2.00. The largest absolute Gasteiger partial charge is 0.388 e. The zero-order valence-electron chi connectivity index (χ0n) is 18.2. The topological polar surface area (TPSA) is 57.5 Å². The normalized spacial score (nSPS) is 37.3. The van der Waals surface area contributed by atoms with Crippen molar-refractivity contribution in [2.45, 2.75) is 83.8 Å². The molecule has 0 saturated heterocycles. The average Bonchev–Trinajstić information content (AvgIpc) is 3.05. The van der Waals surface area contributed by atoms with Gasteiger partial charge in [0.05, 0.1) is 12.2 Å². The summed E-state index contributed by atoms with van der Waals surface area (Å²) < 4.78 is 0. The summed E-state index contributed by atoms with van der Waals surface area (Å²) in [5.41, 5.74) is 3.51. The molecule has 3 rings (SSSR count). The van der Waals surface area contributed by atoms with Gasteiger partial charge in [0, 0.05) is 6.42 Å². The Hall–Kier alpha value is -1.45. The highest BCUT2D eigenvalue weighted by Crippen LogP contribution is 2.59. The molecule has 6 atom stereocenters. The van der Waals surface area contributed by atoms with Crippen molar-refractivity contribution in [1.29, 1.82) is 0 Å².